The molecule has 6 heteroatoms. The van der Waals surface area contributed by atoms with Crippen molar-refractivity contribution in [2.75, 3.05) is 14.2 Å². The van der Waals surface area contributed by atoms with Crippen molar-refractivity contribution in [1.29, 1.82) is 0 Å². The number of methoxy groups -OCH3 is 2. The molecule has 0 aliphatic carbocycles. The van der Waals surface area contributed by atoms with Crippen molar-refractivity contribution in [1.82, 2.24) is 9.55 Å². The second kappa shape index (κ2) is 9.73. The highest BCUT2D eigenvalue weighted by Gasteiger charge is 2.12. The highest BCUT2D eigenvalue weighted by molar-refractivity contribution is 5.88. The molecule has 0 saturated heterocycles. The number of rotatable bonds is 7. The number of hydrogen-bond donors (Lipinski definition) is 0. The van der Waals surface area contributed by atoms with E-state index in [2.05, 4.69) is 4.98 Å². The Morgan fingerprint density at radius 2 is 1.54 bits per heavy atom. The van der Waals surface area contributed by atoms with E-state index in [0.717, 1.165) is 22.0 Å². The molecule has 174 valence electrons. The average Bonchev–Trinajstić information content (AvgIpc) is 2.90. The van der Waals surface area contributed by atoms with Gasteiger partial charge in [-0.25, -0.2) is 0 Å². The third-order valence-electron chi connectivity index (χ3n) is 5.82. The monoisotopic (exact) mass is 464 g/mol. The normalized spacial score (nSPS) is 10.8. The Balaban J connectivity index is 1.42. The van der Waals surface area contributed by atoms with Gasteiger partial charge in [-0.1, -0.05) is 42.5 Å². The van der Waals surface area contributed by atoms with Crippen LogP contribution < -0.4 is 19.8 Å². The summed E-state index contributed by atoms with van der Waals surface area (Å²) in [6, 6.07) is 26.7. The highest BCUT2D eigenvalue weighted by Crippen LogP contribution is 2.37. The second-order valence-corrected chi connectivity index (χ2v) is 8.00. The van der Waals surface area contributed by atoms with Crippen LogP contribution in [0.2, 0.25) is 0 Å². The van der Waals surface area contributed by atoms with Crippen molar-refractivity contribution < 1.29 is 14.2 Å². The van der Waals surface area contributed by atoms with E-state index in [0.29, 0.717) is 35.1 Å². The van der Waals surface area contributed by atoms with Crippen LogP contribution in [0.3, 0.4) is 0 Å². The molecule has 0 fully saturated rings. The molecule has 0 bridgehead atoms. The lowest BCUT2D eigenvalue weighted by Crippen LogP contribution is -2.21. The summed E-state index contributed by atoms with van der Waals surface area (Å²) >= 11 is 0. The lowest BCUT2D eigenvalue weighted by molar-refractivity contribution is 0.355. The van der Waals surface area contributed by atoms with Gasteiger partial charge in [-0.05, 0) is 47.5 Å². The smallest absolute Gasteiger partial charge is 0.258 e. The molecule has 0 amide bonds. The van der Waals surface area contributed by atoms with Gasteiger partial charge in [0, 0.05) is 29.4 Å². The molecule has 35 heavy (non-hydrogen) atoms. The van der Waals surface area contributed by atoms with Crippen LogP contribution in [0.5, 0.6) is 23.0 Å². The summed E-state index contributed by atoms with van der Waals surface area (Å²) in [5.74, 6) is 2.50. The van der Waals surface area contributed by atoms with Gasteiger partial charge >= 0.3 is 0 Å². The SMILES string of the molecule is COc1cc2nccc(Oc3ccc(-c4cccn(Cc5ccccc5)c4=O)cc3)c2cc1OC. The summed E-state index contributed by atoms with van der Waals surface area (Å²) in [6.45, 7) is 0.526. The van der Waals surface area contributed by atoms with Crippen molar-refractivity contribution in [3.63, 3.8) is 0 Å². The molecule has 2 aromatic heterocycles. The molecule has 5 aromatic rings. The zero-order valence-electron chi connectivity index (χ0n) is 19.5. The molecule has 0 saturated carbocycles. The highest BCUT2D eigenvalue weighted by atomic mass is 16.5. The molecule has 0 unspecified atom stereocenters. The fourth-order valence-electron chi connectivity index (χ4n) is 4.03. The third-order valence-corrected chi connectivity index (χ3v) is 5.82. The van der Waals surface area contributed by atoms with E-state index >= 15 is 0 Å². The molecule has 3 aromatic carbocycles. The van der Waals surface area contributed by atoms with Crippen LogP contribution in [0.25, 0.3) is 22.0 Å². The summed E-state index contributed by atoms with van der Waals surface area (Å²) in [7, 11) is 3.19. The molecule has 0 atom stereocenters. The van der Waals surface area contributed by atoms with E-state index in [4.69, 9.17) is 14.2 Å². The van der Waals surface area contributed by atoms with E-state index in [1.165, 1.54) is 0 Å². The summed E-state index contributed by atoms with van der Waals surface area (Å²) in [6.07, 6.45) is 3.51. The number of aromatic nitrogens is 2. The zero-order valence-corrected chi connectivity index (χ0v) is 19.5. The van der Waals surface area contributed by atoms with Gasteiger partial charge in [0.15, 0.2) is 11.5 Å². The summed E-state index contributed by atoms with van der Waals surface area (Å²) < 4.78 is 18.7. The molecule has 0 aliphatic rings. The van der Waals surface area contributed by atoms with Crippen LogP contribution in [0.1, 0.15) is 5.56 Å². The van der Waals surface area contributed by atoms with Gasteiger partial charge in [0.25, 0.3) is 5.56 Å². The lowest BCUT2D eigenvalue weighted by Gasteiger charge is -2.13. The van der Waals surface area contributed by atoms with Gasteiger partial charge in [-0.3, -0.25) is 9.78 Å². The first-order valence-corrected chi connectivity index (χ1v) is 11.2. The minimum atomic E-state index is -0.0359. The maximum Gasteiger partial charge on any atom is 0.258 e. The van der Waals surface area contributed by atoms with E-state index in [9.17, 15) is 4.79 Å². The minimum Gasteiger partial charge on any atom is -0.493 e. The van der Waals surface area contributed by atoms with Crippen molar-refractivity contribution in [3.05, 3.63) is 113 Å². The number of nitrogens with zero attached hydrogens (tertiary/aromatic N) is 2. The number of pyridine rings is 2. The Kier molecular flexibility index (Phi) is 6.18. The standard InChI is InChI=1S/C29H24N2O4/c1-33-27-17-24-25(18-28(27)34-2)30-15-14-26(24)35-22-12-10-21(11-13-22)23-9-6-16-31(29(23)32)19-20-7-4-3-5-8-20/h3-18H,19H2,1-2H3. The first-order valence-electron chi connectivity index (χ1n) is 11.2. The summed E-state index contributed by atoms with van der Waals surface area (Å²) in [4.78, 5) is 17.5. The predicted octanol–water partition coefficient (Wildman–Crippen LogP) is 5.92. The largest absolute Gasteiger partial charge is 0.493 e. The Labute approximate surface area is 203 Å². The molecular weight excluding hydrogens is 440 g/mol. The Bertz CT molecular complexity index is 1530. The van der Waals surface area contributed by atoms with Gasteiger partial charge in [-0.15, -0.1) is 0 Å². The van der Waals surface area contributed by atoms with Gasteiger partial charge in [0.2, 0.25) is 0 Å². The van der Waals surface area contributed by atoms with Crippen molar-refractivity contribution in [2.24, 2.45) is 0 Å². The van der Waals surface area contributed by atoms with Gasteiger partial charge in [0.1, 0.15) is 11.5 Å². The number of ether oxygens (including phenoxy) is 3. The van der Waals surface area contributed by atoms with Crippen LogP contribution >= 0.6 is 0 Å². The number of benzene rings is 3. The van der Waals surface area contributed by atoms with Crippen LogP contribution in [0.15, 0.2) is 102 Å². The Morgan fingerprint density at radius 3 is 2.29 bits per heavy atom. The van der Waals surface area contributed by atoms with Gasteiger partial charge in [0.05, 0.1) is 26.3 Å². The van der Waals surface area contributed by atoms with E-state index in [1.807, 2.05) is 91.1 Å². The molecule has 0 radical (unpaired) electrons. The molecule has 5 rings (SSSR count). The van der Waals surface area contributed by atoms with Crippen LogP contribution in [0, 0.1) is 0 Å². The predicted molar refractivity (Wildman–Crippen MR) is 137 cm³/mol. The van der Waals surface area contributed by atoms with Crippen molar-refractivity contribution in [2.45, 2.75) is 6.54 Å². The van der Waals surface area contributed by atoms with Crippen LogP contribution in [-0.4, -0.2) is 23.8 Å². The second-order valence-electron chi connectivity index (χ2n) is 8.00. The van der Waals surface area contributed by atoms with Crippen LogP contribution in [-0.2, 0) is 6.54 Å². The Hall–Kier alpha value is -4.58. The maximum absolute atomic E-state index is 13.1. The summed E-state index contributed by atoms with van der Waals surface area (Å²) in [5.41, 5.74) is 3.25. The van der Waals surface area contributed by atoms with E-state index in [1.54, 1.807) is 25.0 Å². The molecule has 0 N–H and O–H groups in total. The molecule has 2 heterocycles. The Morgan fingerprint density at radius 1 is 0.800 bits per heavy atom. The van der Waals surface area contributed by atoms with Gasteiger partial charge in [-0.2, -0.15) is 0 Å². The number of hydrogen-bond acceptors (Lipinski definition) is 5. The fourth-order valence-corrected chi connectivity index (χ4v) is 4.03. The zero-order chi connectivity index (χ0) is 24.2. The lowest BCUT2D eigenvalue weighted by atomic mass is 10.1. The fraction of sp³-hybridized carbons (Fsp3) is 0.103. The summed E-state index contributed by atoms with van der Waals surface area (Å²) in [5, 5.41) is 0.807. The molecule has 0 aliphatic heterocycles. The van der Waals surface area contributed by atoms with E-state index in [-0.39, 0.29) is 5.56 Å². The minimum absolute atomic E-state index is 0.0359. The van der Waals surface area contributed by atoms with Crippen LogP contribution in [0.4, 0.5) is 0 Å². The van der Waals surface area contributed by atoms with Gasteiger partial charge < -0.3 is 18.8 Å². The van der Waals surface area contributed by atoms with E-state index < -0.39 is 0 Å². The third kappa shape index (κ3) is 4.59. The molecular formula is C29H24N2O4. The topological polar surface area (TPSA) is 62.6 Å². The average molecular weight is 465 g/mol. The van der Waals surface area contributed by atoms with Crippen molar-refractivity contribution in [3.8, 4) is 34.1 Å². The molecule has 6 nitrogen and oxygen atoms in total. The quantitative estimate of drug-likeness (QED) is 0.299. The van der Waals surface area contributed by atoms with Crippen molar-refractivity contribution >= 4 is 10.9 Å². The maximum atomic E-state index is 13.1. The first kappa shape index (κ1) is 22.2. The number of fused-ring (bicyclic) bond motifs is 1. The molecule has 0 spiro atoms. The first-order chi connectivity index (χ1) is 17.2.